The molecule has 1 aromatic heterocycles. The van der Waals surface area contributed by atoms with E-state index in [1.54, 1.807) is 18.5 Å². The van der Waals surface area contributed by atoms with Crippen LogP contribution in [-0.2, 0) is 11.3 Å². The van der Waals surface area contributed by atoms with E-state index in [-0.39, 0.29) is 16.9 Å². The van der Waals surface area contributed by atoms with Crippen molar-refractivity contribution in [3.8, 4) is 0 Å². The summed E-state index contributed by atoms with van der Waals surface area (Å²) in [7, 11) is 0. The van der Waals surface area contributed by atoms with Gasteiger partial charge in [0.1, 0.15) is 5.69 Å². The first-order chi connectivity index (χ1) is 16.1. The van der Waals surface area contributed by atoms with Crippen molar-refractivity contribution in [3.63, 3.8) is 0 Å². The van der Waals surface area contributed by atoms with Crippen LogP contribution in [0.2, 0.25) is 0 Å². The van der Waals surface area contributed by atoms with Crippen LogP contribution in [0.1, 0.15) is 30.6 Å². The van der Waals surface area contributed by atoms with E-state index in [0.29, 0.717) is 45.0 Å². The number of aryl methyl sites for hydroxylation is 1. The van der Waals surface area contributed by atoms with E-state index < -0.39 is 16.4 Å². The van der Waals surface area contributed by atoms with E-state index in [1.165, 1.54) is 18.2 Å². The van der Waals surface area contributed by atoms with Crippen LogP contribution < -0.4 is 16.0 Å². The average molecular weight is 469 g/mol. The molecule has 11 heteroatoms. The fourth-order valence-electron chi connectivity index (χ4n) is 3.82. The summed E-state index contributed by atoms with van der Waals surface area (Å²) in [5.74, 6) is -0.480. The Kier molecular flexibility index (Phi) is 6.40. The number of morpholine rings is 1. The fraction of sp³-hybridized carbons (Fsp3) is 0.391. The number of hydrogen-bond donors (Lipinski definition) is 3. The zero-order valence-electron chi connectivity index (χ0n) is 19.2. The molecule has 0 radical (unpaired) electrons. The van der Waals surface area contributed by atoms with Crippen LogP contribution in [0.4, 0.5) is 22.7 Å². The number of nitrogens with one attached hydrogen (secondary N) is 1. The number of fused-ring (bicyclic) bond motifs is 1. The van der Waals surface area contributed by atoms with E-state index in [0.717, 1.165) is 16.6 Å². The number of aliphatic hydroxyl groups is 1. The quantitative estimate of drug-likeness (QED) is 0.272. The van der Waals surface area contributed by atoms with Crippen molar-refractivity contribution < 1.29 is 19.6 Å². The average Bonchev–Trinajstić information content (AvgIpc) is 3.19. The second kappa shape index (κ2) is 9.27. The molecule has 2 heterocycles. The fourth-order valence-corrected chi connectivity index (χ4v) is 3.82. The Morgan fingerprint density at radius 1 is 1.29 bits per heavy atom. The summed E-state index contributed by atoms with van der Waals surface area (Å²) >= 11 is 0. The number of carbonyl (C=O) groups excluding carboxylic acids is 1. The van der Waals surface area contributed by atoms with E-state index in [2.05, 4.69) is 15.3 Å². The van der Waals surface area contributed by atoms with Gasteiger partial charge < -0.3 is 25.8 Å². The standard InChI is InChI=1S/C23H28N6O5/c1-23(2,31)5-6-28-14-16-11-19(21(13-18(16)26-28)27-7-9-34-10-8-27)25-22(30)15-3-4-17(24)20(12-15)29(32)33/h3-4,11-14,31H,5-10,24H2,1-2H3,(H,25,30). The molecule has 4 N–H and O–H groups in total. The molecule has 0 spiro atoms. The van der Waals surface area contributed by atoms with Crippen LogP contribution in [0.5, 0.6) is 0 Å². The highest BCUT2D eigenvalue weighted by atomic mass is 16.6. The molecule has 0 aliphatic carbocycles. The predicted octanol–water partition coefficient (Wildman–Crippen LogP) is 2.78. The van der Waals surface area contributed by atoms with Gasteiger partial charge in [0.2, 0.25) is 0 Å². The van der Waals surface area contributed by atoms with Crippen molar-refractivity contribution in [3.05, 3.63) is 52.2 Å². The highest BCUT2D eigenvalue weighted by molar-refractivity contribution is 6.08. The summed E-state index contributed by atoms with van der Waals surface area (Å²) in [4.78, 5) is 25.8. The van der Waals surface area contributed by atoms with Gasteiger partial charge in [-0.25, -0.2) is 0 Å². The normalized spacial score (nSPS) is 14.4. The highest BCUT2D eigenvalue weighted by Crippen LogP contribution is 2.33. The summed E-state index contributed by atoms with van der Waals surface area (Å²) in [6.45, 7) is 6.49. The minimum absolute atomic E-state index is 0.00422. The monoisotopic (exact) mass is 468 g/mol. The van der Waals surface area contributed by atoms with Crippen molar-refractivity contribution in [2.75, 3.05) is 42.3 Å². The number of amides is 1. The lowest BCUT2D eigenvalue weighted by molar-refractivity contribution is -0.383. The molecule has 1 amide bonds. The summed E-state index contributed by atoms with van der Waals surface area (Å²) < 4.78 is 7.24. The maximum absolute atomic E-state index is 13.0. The SMILES string of the molecule is CC(C)(O)CCn1cc2cc(NC(=O)c3ccc(N)c([N+](=O)[O-])c3)c(N3CCOCC3)cc2n1. The first kappa shape index (κ1) is 23.5. The van der Waals surface area contributed by atoms with Crippen molar-refractivity contribution in [1.29, 1.82) is 0 Å². The zero-order chi connectivity index (χ0) is 24.5. The van der Waals surface area contributed by atoms with Gasteiger partial charge in [-0.15, -0.1) is 0 Å². The van der Waals surface area contributed by atoms with Crippen LogP contribution in [0.25, 0.3) is 10.9 Å². The number of hydrogen-bond acceptors (Lipinski definition) is 8. The molecular formula is C23H28N6O5. The lowest BCUT2D eigenvalue weighted by atomic mass is 10.1. The predicted molar refractivity (Wildman–Crippen MR) is 129 cm³/mol. The van der Waals surface area contributed by atoms with Crippen molar-refractivity contribution in [1.82, 2.24) is 9.78 Å². The van der Waals surface area contributed by atoms with Gasteiger partial charge in [0, 0.05) is 42.8 Å². The Morgan fingerprint density at radius 2 is 2.03 bits per heavy atom. The van der Waals surface area contributed by atoms with Gasteiger partial charge in [0.25, 0.3) is 11.6 Å². The van der Waals surface area contributed by atoms with E-state index in [1.807, 2.05) is 18.3 Å². The lowest BCUT2D eigenvalue weighted by Crippen LogP contribution is -2.36. The first-order valence-electron chi connectivity index (χ1n) is 11.0. The summed E-state index contributed by atoms with van der Waals surface area (Å²) in [5.41, 5.74) is 6.80. The number of nitrogens with two attached hydrogens (primary N) is 1. The van der Waals surface area contributed by atoms with Gasteiger partial charge in [-0.3, -0.25) is 19.6 Å². The smallest absolute Gasteiger partial charge is 0.292 e. The van der Waals surface area contributed by atoms with Crippen molar-refractivity contribution in [2.24, 2.45) is 0 Å². The number of nitro benzene ring substituents is 1. The lowest BCUT2D eigenvalue weighted by Gasteiger charge is -2.30. The topological polar surface area (TPSA) is 149 Å². The number of aromatic nitrogens is 2. The number of carbonyl (C=O) groups is 1. The molecule has 1 aliphatic rings. The molecule has 2 aromatic carbocycles. The van der Waals surface area contributed by atoms with Gasteiger partial charge in [-0.05, 0) is 44.5 Å². The van der Waals surface area contributed by atoms with E-state index >= 15 is 0 Å². The summed E-state index contributed by atoms with van der Waals surface area (Å²) in [6.07, 6.45) is 2.41. The number of nitro groups is 1. The Hall–Kier alpha value is -3.70. The molecule has 0 saturated carbocycles. The van der Waals surface area contributed by atoms with Crippen LogP contribution in [0.3, 0.4) is 0 Å². The molecule has 0 atom stereocenters. The number of nitrogens with zero attached hydrogens (tertiary/aromatic N) is 4. The van der Waals surface area contributed by atoms with E-state index in [4.69, 9.17) is 10.5 Å². The molecule has 1 aliphatic heterocycles. The molecule has 3 aromatic rings. The number of benzene rings is 2. The number of nitrogen functional groups attached to an aromatic ring is 1. The molecule has 4 rings (SSSR count). The second-order valence-electron chi connectivity index (χ2n) is 8.97. The molecule has 0 bridgehead atoms. The van der Waals surface area contributed by atoms with Gasteiger partial charge >= 0.3 is 0 Å². The van der Waals surface area contributed by atoms with Gasteiger partial charge in [-0.2, -0.15) is 5.10 Å². The van der Waals surface area contributed by atoms with Crippen molar-refractivity contribution in [2.45, 2.75) is 32.4 Å². The summed E-state index contributed by atoms with van der Waals surface area (Å²) in [6, 6.07) is 7.75. The maximum Gasteiger partial charge on any atom is 0.292 e. The van der Waals surface area contributed by atoms with Crippen LogP contribution >= 0.6 is 0 Å². The Balaban J connectivity index is 1.68. The third kappa shape index (κ3) is 5.26. The van der Waals surface area contributed by atoms with Crippen LogP contribution in [0.15, 0.2) is 36.5 Å². The second-order valence-corrected chi connectivity index (χ2v) is 8.97. The minimum atomic E-state index is -0.808. The molecule has 34 heavy (non-hydrogen) atoms. The zero-order valence-corrected chi connectivity index (χ0v) is 19.2. The molecule has 11 nitrogen and oxygen atoms in total. The van der Waals surface area contributed by atoms with Crippen molar-refractivity contribution >= 4 is 39.6 Å². The van der Waals surface area contributed by atoms with Gasteiger partial charge in [-0.1, -0.05) is 0 Å². The first-order valence-corrected chi connectivity index (χ1v) is 11.0. The summed E-state index contributed by atoms with van der Waals surface area (Å²) in [5, 5.41) is 29.6. The molecule has 0 unspecified atom stereocenters. The maximum atomic E-state index is 13.0. The highest BCUT2D eigenvalue weighted by Gasteiger charge is 2.21. The molecule has 180 valence electrons. The van der Waals surface area contributed by atoms with Gasteiger partial charge in [0.05, 0.1) is 40.6 Å². The van der Waals surface area contributed by atoms with Crippen LogP contribution in [-0.4, -0.2) is 57.6 Å². The van der Waals surface area contributed by atoms with E-state index in [9.17, 15) is 20.0 Å². The number of anilines is 3. The largest absolute Gasteiger partial charge is 0.393 e. The molecular weight excluding hydrogens is 440 g/mol. The Morgan fingerprint density at radius 3 is 2.71 bits per heavy atom. The molecule has 1 fully saturated rings. The van der Waals surface area contributed by atoms with Crippen LogP contribution in [0, 0.1) is 10.1 Å². The number of rotatable bonds is 7. The molecule has 1 saturated heterocycles. The third-order valence-electron chi connectivity index (χ3n) is 5.71. The minimum Gasteiger partial charge on any atom is -0.393 e. The Bertz CT molecular complexity index is 1230. The Labute approximate surface area is 196 Å². The van der Waals surface area contributed by atoms with Gasteiger partial charge in [0.15, 0.2) is 0 Å². The third-order valence-corrected chi connectivity index (χ3v) is 5.71. The number of ether oxygens (including phenoxy) is 1.